The summed E-state index contributed by atoms with van der Waals surface area (Å²) < 4.78 is 14.2. The van der Waals surface area contributed by atoms with Crippen molar-refractivity contribution in [2.24, 2.45) is 0 Å². The number of nitrogens with zero attached hydrogens (tertiary/aromatic N) is 1. The van der Waals surface area contributed by atoms with Crippen LogP contribution in [0.4, 0.5) is 4.79 Å². The van der Waals surface area contributed by atoms with E-state index >= 15 is 0 Å². The highest BCUT2D eigenvalue weighted by Gasteiger charge is 2.26. The van der Waals surface area contributed by atoms with Gasteiger partial charge in [0, 0.05) is 34.2 Å². The van der Waals surface area contributed by atoms with Gasteiger partial charge in [-0.15, -0.1) is 11.3 Å². The summed E-state index contributed by atoms with van der Waals surface area (Å²) in [6, 6.07) is 6.38. The number of carbonyl (C=O) groups is 1. The molecule has 0 aliphatic heterocycles. The number of amides is 1. The average molecular weight is 478 g/mol. The van der Waals surface area contributed by atoms with Crippen LogP contribution in [-0.2, 0) is 4.74 Å². The standard InChI is InChI=1S/C24H35N3O3S2/c1-15(2)30-23(28)26-17-9-7-16(8-10-17)22-25-14-21(31-22)19-12-11-18(29-6)13-20(19)32-27-24(3,4)5/h11-17,27H,7-10H2,1-6H3,(H,26,28). The number of ether oxygens (including phenoxy) is 2. The first-order valence-electron chi connectivity index (χ1n) is 11.2. The zero-order valence-electron chi connectivity index (χ0n) is 19.9. The van der Waals surface area contributed by atoms with Crippen LogP contribution in [0.25, 0.3) is 10.4 Å². The van der Waals surface area contributed by atoms with Crippen molar-refractivity contribution >= 4 is 29.4 Å². The van der Waals surface area contributed by atoms with Crippen molar-refractivity contribution in [3.63, 3.8) is 0 Å². The SMILES string of the molecule is COc1ccc(-c2cnc(C3CCC(NC(=O)OC(C)C)CC3)s2)c(SNC(C)(C)C)c1. The quantitative estimate of drug-likeness (QED) is 0.451. The molecule has 1 aromatic carbocycles. The number of hydrogen-bond acceptors (Lipinski definition) is 7. The molecule has 0 saturated heterocycles. The van der Waals surface area contributed by atoms with E-state index < -0.39 is 0 Å². The molecule has 1 aliphatic rings. The Labute approximate surface area is 200 Å². The summed E-state index contributed by atoms with van der Waals surface area (Å²) in [7, 11) is 1.69. The molecule has 3 rings (SSSR count). The first kappa shape index (κ1) is 24.9. The third-order valence-corrected chi connectivity index (χ3v) is 7.65. The molecule has 1 aromatic heterocycles. The van der Waals surface area contributed by atoms with E-state index in [1.54, 1.807) is 30.4 Å². The van der Waals surface area contributed by atoms with Gasteiger partial charge in [-0.25, -0.2) is 9.78 Å². The van der Waals surface area contributed by atoms with Crippen LogP contribution < -0.4 is 14.8 Å². The molecule has 1 amide bonds. The lowest BCUT2D eigenvalue weighted by atomic mass is 9.86. The van der Waals surface area contributed by atoms with Gasteiger partial charge >= 0.3 is 6.09 Å². The summed E-state index contributed by atoms with van der Waals surface area (Å²) in [6.45, 7) is 10.2. The van der Waals surface area contributed by atoms with Crippen LogP contribution in [0.15, 0.2) is 29.3 Å². The molecule has 1 aliphatic carbocycles. The Morgan fingerprint density at radius 3 is 2.56 bits per heavy atom. The number of methoxy groups -OCH3 is 1. The average Bonchev–Trinajstić information content (AvgIpc) is 3.21. The largest absolute Gasteiger partial charge is 0.497 e. The minimum absolute atomic E-state index is 0.00185. The van der Waals surface area contributed by atoms with Gasteiger partial charge < -0.3 is 14.8 Å². The Morgan fingerprint density at radius 2 is 1.94 bits per heavy atom. The van der Waals surface area contributed by atoms with E-state index in [2.05, 4.69) is 42.9 Å². The van der Waals surface area contributed by atoms with E-state index in [-0.39, 0.29) is 23.8 Å². The van der Waals surface area contributed by atoms with Gasteiger partial charge in [-0.1, -0.05) is 0 Å². The highest BCUT2D eigenvalue weighted by molar-refractivity contribution is 7.97. The molecule has 2 aromatic rings. The van der Waals surface area contributed by atoms with Crippen molar-refractivity contribution in [3.05, 3.63) is 29.4 Å². The maximum Gasteiger partial charge on any atom is 0.407 e. The molecule has 32 heavy (non-hydrogen) atoms. The summed E-state index contributed by atoms with van der Waals surface area (Å²) in [5.41, 5.74) is 1.17. The number of nitrogens with one attached hydrogen (secondary N) is 2. The Bertz CT molecular complexity index is 900. The van der Waals surface area contributed by atoms with E-state index in [0.717, 1.165) is 36.3 Å². The van der Waals surface area contributed by atoms with E-state index in [4.69, 9.17) is 14.5 Å². The van der Waals surface area contributed by atoms with E-state index in [1.165, 1.54) is 15.4 Å². The van der Waals surface area contributed by atoms with Crippen LogP contribution in [0, 0.1) is 0 Å². The van der Waals surface area contributed by atoms with Crippen molar-refractivity contribution in [2.75, 3.05) is 7.11 Å². The minimum atomic E-state index is -0.312. The number of rotatable bonds is 7. The fraction of sp³-hybridized carbons (Fsp3) is 0.583. The Morgan fingerprint density at radius 1 is 1.22 bits per heavy atom. The van der Waals surface area contributed by atoms with Crippen LogP contribution in [0.1, 0.15) is 71.2 Å². The number of alkyl carbamates (subject to hydrolysis) is 1. The number of thiazole rings is 1. The lowest BCUT2D eigenvalue weighted by Gasteiger charge is -2.28. The van der Waals surface area contributed by atoms with Gasteiger partial charge in [-0.3, -0.25) is 4.72 Å². The van der Waals surface area contributed by atoms with Gasteiger partial charge in [0.15, 0.2) is 0 Å². The second-order valence-electron chi connectivity index (χ2n) is 9.53. The number of benzene rings is 1. The highest BCUT2D eigenvalue weighted by Crippen LogP contribution is 2.41. The first-order chi connectivity index (χ1) is 15.1. The predicted molar refractivity (Wildman–Crippen MR) is 133 cm³/mol. The lowest BCUT2D eigenvalue weighted by Crippen LogP contribution is -2.38. The van der Waals surface area contributed by atoms with Crippen molar-refractivity contribution in [2.45, 2.75) is 88.8 Å². The van der Waals surface area contributed by atoms with E-state index in [1.807, 2.05) is 26.1 Å². The lowest BCUT2D eigenvalue weighted by molar-refractivity contribution is 0.109. The zero-order valence-corrected chi connectivity index (χ0v) is 21.5. The maximum absolute atomic E-state index is 11.9. The fourth-order valence-electron chi connectivity index (χ4n) is 3.63. The van der Waals surface area contributed by atoms with Gasteiger partial charge in [0.2, 0.25) is 0 Å². The number of hydrogen-bond donors (Lipinski definition) is 2. The maximum atomic E-state index is 11.9. The van der Waals surface area contributed by atoms with Gasteiger partial charge in [0.25, 0.3) is 0 Å². The van der Waals surface area contributed by atoms with E-state index in [0.29, 0.717) is 5.92 Å². The first-order valence-corrected chi connectivity index (χ1v) is 12.8. The normalized spacial score (nSPS) is 19.1. The number of carbonyl (C=O) groups excluding carboxylic acids is 1. The molecule has 0 spiro atoms. The molecule has 0 bridgehead atoms. The van der Waals surface area contributed by atoms with Crippen molar-refractivity contribution < 1.29 is 14.3 Å². The Hall–Kier alpha value is -1.77. The van der Waals surface area contributed by atoms with Crippen molar-refractivity contribution in [3.8, 4) is 16.2 Å². The van der Waals surface area contributed by atoms with Gasteiger partial charge in [-0.05, 0) is 90.4 Å². The molecule has 1 fully saturated rings. The molecule has 1 saturated carbocycles. The number of aromatic nitrogens is 1. The second kappa shape index (κ2) is 10.9. The summed E-state index contributed by atoms with van der Waals surface area (Å²) in [5.74, 6) is 1.29. The summed E-state index contributed by atoms with van der Waals surface area (Å²) in [5, 5.41) is 4.18. The van der Waals surface area contributed by atoms with Gasteiger partial charge in [0.05, 0.1) is 23.1 Å². The molecular weight excluding hydrogens is 442 g/mol. The van der Waals surface area contributed by atoms with Gasteiger partial charge in [-0.2, -0.15) is 0 Å². The minimum Gasteiger partial charge on any atom is -0.497 e. The molecular formula is C24H35N3O3S2. The molecule has 2 N–H and O–H groups in total. The molecule has 8 heteroatoms. The molecule has 0 atom stereocenters. The summed E-state index contributed by atoms with van der Waals surface area (Å²) in [4.78, 5) is 18.9. The Kier molecular flexibility index (Phi) is 8.47. The van der Waals surface area contributed by atoms with Crippen molar-refractivity contribution in [1.82, 2.24) is 15.0 Å². The van der Waals surface area contributed by atoms with E-state index in [9.17, 15) is 4.79 Å². The van der Waals surface area contributed by atoms with Crippen molar-refractivity contribution in [1.29, 1.82) is 0 Å². The van der Waals surface area contributed by atoms with Crippen LogP contribution in [0.5, 0.6) is 5.75 Å². The fourth-order valence-corrected chi connectivity index (χ4v) is 5.70. The topological polar surface area (TPSA) is 72.5 Å². The summed E-state index contributed by atoms with van der Waals surface area (Å²) >= 11 is 3.40. The van der Waals surface area contributed by atoms with Crippen LogP contribution >= 0.6 is 23.3 Å². The Balaban J connectivity index is 1.66. The predicted octanol–water partition coefficient (Wildman–Crippen LogP) is 6.37. The summed E-state index contributed by atoms with van der Waals surface area (Å²) in [6.07, 6.45) is 5.53. The third-order valence-electron chi connectivity index (χ3n) is 5.19. The van der Waals surface area contributed by atoms with Crippen LogP contribution in [0.3, 0.4) is 0 Å². The molecule has 6 nitrogen and oxygen atoms in total. The monoisotopic (exact) mass is 477 g/mol. The molecule has 1 heterocycles. The molecule has 176 valence electrons. The highest BCUT2D eigenvalue weighted by atomic mass is 32.2. The van der Waals surface area contributed by atoms with Crippen LogP contribution in [-0.4, -0.2) is 35.9 Å². The zero-order chi connectivity index (χ0) is 23.3. The second-order valence-corrected chi connectivity index (χ2v) is 11.4. The van der Waals surface area contributed by atoms with Crippen LogP contribution in [0.2, 0.25) is 0 Å². The van der Waals surface area contributed by atoms with Gasteiger partial charge in [0.1, 0.15) is 5.75 Å². The molecule has 0 unspecified atom stereocenters. The molecule has 0 radical (unpaired) electrons. The third kappa shape index (κ3) is 7.12. The smallest absolute Gasteiger partial charge is 0.407 e.